The van der Waals surface area contributed by atoms with Gasteiger partial charge < -0.3 is 0 Å². The van der Waals surface area contributed by atoms with Crippen molar-refractivity contribution in [1.82, 2.24) is 9.55 Å². The summed E-state index contributed by atoms with van der Waals surface area (Å²) in [5.74, 6) is 0.926. The second kappa shape index (κ2) is 7.10. The summed E-state index contributed by atoms with van der Waals surface area (Å²) in [6, 6.07) is 22.3. The van der Waals surface area contributed by atoms with Crippen molar-refractivity contribution in [3.05, 3.63) is 88.3 Å². The molecule has 4 rings (SSSR count). The fourth-order valence-electron chi connectivity index (χ4n) is 3.14. The van der Waals surface area contributed by atoms with E-state index in [1.54, 1.807) is 17.8 Å². The predicted octanol–water partition coefficient (Wildman–Crippen LogP) is 4.41. The van der Waals surface area contributed by atoms with E-state index in [2.05, 4.69) is 41.4 Å². The van der Waals surface area contributed by atoms with Gasteiger partial charge in [0.2, 0.25) is 0 Å². The van der Waals surface area contributed by atoms with E-state index in [1.165, 1.54) is 4.90 Å². The van der Waals surface area contributed by atoms with Crippen LogP contribution in [0, 0.1) is 6.92 Å². The molecule has 3 nitrogen and oxygen atoms in total. The molecule has 0 bridgehead atoms. The molecule has 25 heavy (non-hydrogen) atoms. The summed E-state index contributed by atoms with van der Waals surface area (Å²) in [4.78, 5) is 18.6. The second-order valence-corrected chi connectivity index (χ2v) is 8.32. The Hall–Kier alpha value is -1.98. The van der Waals surface area contributed by atoms with Crippen LogP contribution in [0.1, 0.15) is 17.3 Å². The first-order valence-corrected chi connectivity index (χ1v) is 10.1. The minimum Gasteiger partial charge on any atom is -0.279 e. The summed E-state index contributed by atoms with van der Waals surface area (Å²) in [5.41, 5.74) is 1.97. The van der Waals surface area contributed by atoms with Gasteiger partial charge in [-0.3, -0.25) is 9.36 Å². The Labute approximate surface area is 155 Å². The molecule has 1 aliphatic rings. The highest BCUT2D eigenvalue weighted by Crippen LogP contribution is 2.41. The Balaban J connectivity index is 1.81. The number of benzene rings is 2. The summed E-state index contributed by atoms with van der Waals surface area (Å²) >= 11 is 3.51. The van der Waals surface area contributed by atoms with Crippen molar-refractivity contribution in [3.8, 4) is 0 Å². The van der Waals surface area contributed by atoms with Crippen molar-refractivity contribution in [2.24, 2.45) is 0 Å². The van der Waals surface area contributed by atoms with Crippen LogP contribution in [-0.2, 0) is 0 Å². The Morgan fingerprint density at radius 1 is 1.08 bits per heavy atom. The highest BCUT2D eigenvalue weighted by molar-refractivity contribution is 8.03. The molecule has 0 amide bonds. The Morgan fingerprint density at radius 2 is 1.76 bits per heavy atom. The Kier molecular flexibility index (Phi) is 4.68. The van der Waals surface area contributed by atoms with E-state index in [9.17, 15) is 4.79 Å². The maximum absolute atomic E-state index is 12.8. The molecule has 0 aliphatic carbocycles. The number of nitrogens with zero attached hydrogens (tertiary/aromatic N) is 2. The van der Waals surface area contributed by atoms with Crippen LogP contribution in [0.25, 0.3) is 0 Å². The van der Waals surface area contributed by atoms with Crippen LogP contribution in [0.4, 0.5) is 0 Å². The van der Waals surface area contributed by atoms with Crippen LogP contribution in [-0.4, -0.2) is 20.6 Å². The molecule has 1 aromatic heterocycles. The molecule has 0 fully saturated rings. The number of hydrogen-bond donors (Lipinski definition) is 0. The average Bonchev–Trinajstić information content (AvgIpc) is 2.63. The minimum absolute atomic E-state index is 0.0109. The van der Waals surface area contributed by atoms with Crippen LogP contribution in [0.5, 0.6) is 0 Å². The number of fused-ring (bicyclic) bond motifs is 1. The highest BCUT2D eigenvalue weighted by Gasteiger charge is 2.33. The van der Waals surface area contributed by atoms with Crippen molar-refractivity contribution in [2.75, 3.05) is 5.75 Å². The summed E-state index contributed by atoms with van der Waals surface area (Å²) in [6.07, 6.45) is 0. The predicted molar refractivity (Wildman–Crippen MR) is 105 cm³/mol. The molecule has 2 heterocycles. The van der Waals surface area contributed by atoms with Gasteiger partial charge in [0.05, 0.1) is 6.04 Å². The van der Waals surface area contributed by atoms with Crippen LogP contribution in [0.15, 0.2) is 81.6 Å². The molecule has 5 heteroatoms. The van der Waals surface area contributed by atoms with Crippen molar-refractivity contribution in [2.45, 2.75) is 28.3 Å². The highest BCUT2D eigenvalue weighted by atomic mass is 32.2. The van der Waals surface area contributed by atoms with E-state index in [1.807, 2.05) is 47.5 Å². The molecule has 0 saturated carbocycles. The second-order valence-electron chi connectivity index (χ2n) is 6.02. The van der Waals surface area contributed by atoms with Gasteiger partial charge in [0.15, 0.2) is 5.16 Å². The van der Waals surface area contributed by atoms with E-state index in [0.29, 0.717) is 0 Å². The first-order valence-electron chi connectivity index (χ1n) is 8.22. The van der Waals surface area contributed by atoms with Gasteiger partial charge in [-0.25, -0.2) is 4.98 Å². The smallest absolute Gasteiger partial charge is 0.254 e. The third-order valence-corrected chi connectivity index (χ3v) is 6.78. The molecule has 0 radical (unpaired) electrons. The molecular formula is C20H18N2OS2. The van der Waals surface area contributed by atoms with E-state index >= 15 is 0 Å². The van der Waals surface area contributed by atoms with Crippen molar-refractivity contribution in [3.63, 3.8) is 0 Å². The monoisotopic (exact) mass is 366 g/mol. The lowest BCUT2D eigenvalue weighted by Crippen LogP contribution is -2.38. The molecule has 1 aliphatic heterocycles. The SMILES string of the molecule is Cc1cc(=O)n2c(n1)SC[C@@H](Sc1ccccc1)[C@H]2c1ccccc1. The zero-order valence-corrected chi connectivity index (χ0v) is 15.5. The van der Waals surface area contributed by atoms with Gasteiger partial charge in [0.1, 0.15) is 0 Å². The van der Waals surface area contributed by atoms with E-state index in [0.717, 1.165) is 22.2 Å². The topological polar surface area (TPSA) is 34.9 Å². The average molecular weight is 367 g/mol. The number of hydrogen-bond acceptors (Lipinski definition) is 4. The summed E-state index contributed by atoms with van der Waals surface area (Å²) < 4.78 is 1.87. The first kappa shape index (κ1) is 16.5. The van der Waals surface area contributed by atoms with E-state index in [-0.39, 0.29) is 16.9 Å². The van der Waals surface area contributed by atoms with Gasteiger partial charge in [-0.05, 0) is 24.6 Å². The number of rotatable bonds is 3. The maximum Gasteiger partial charge on any atom is 0.254 e. The third kappa shape index (κ3) is 3.39. The molecule has 3 aromatic rings. The van der Waals surface area contributed by atoms with Gasteiger partial charge in [-0.1, -0.05) is 60.3 Å². The quantitative estimate of drug-likeness (QED) is 0.643. The largest absolute Gasteiger partial charge is 0.279 e. The lowest BCUT2D eigenvalue weighted by molar-refractivity contribution is 0.488. The van der Waals surface area contributed by atoms with Gasteiger partial charge in [0, 0.05) is 27.7 Å². The zero-order valence-electron chi connectivity index (χ0n) is 13.8. The molecule has 2 aromatic carbocycles. The van der Waals surface area contributed by atoms with Gasteiger partial charge in [0.25, 0.3) is 5.56 Å². The van der Waals surface area contributed by atoms with Crippen LogP contribution in [0.2, 0.25) is 0 Å². The zero-order chi connectivity index (χ0) is 17.2. The Bertz CT molecular complexity index is 925. The molecule has 2 atom stereocenters. The maximum atomic E-state index is 12.8. The lowest BCUT2D eigenvalue weighted by Gasteiger charge is -2.34. The lowest BCUT2D eigenvalue weighted by atomic mass is 10.0. The van der Waals surface area contributed by atoms with Crippen LogP contribution >= 0.6 is 23.5 Å². The van der Waals surface area contributed by atoms with Crippen molar-refractivity contribution >= 4 is 23.5 Å². The molecule has 126 valence electrons. The van der Waals surface area contributed by atoms with Crippen LogP contribution < -0.4 is 5.56 Å². The molecule has 0 unspecified atom stereocenters. The summed E-state index contributed by atoms with van der Waals surface area (Å²) in [5, 5.41) is 1.09. The van der Waals surface area contributed by atoms with E-state index in [4.69, 9.17) is 0 Å². The minimum atomic E-state index is -0.0109. The molecular weight excluding hydrogens is 348 g/mol. The van der Waals surface area contributed by atoms with Gasteiger partial charge >= 0.3 is 0 Å². The summed E-state index contributed by atoms with van der Waals surface area (Å²) in [7, 11) is 0. The molecule has 0 spiro atoms. The fraction of sp³-hybridized carbons (Fsp3) is 0.200. The van der Waals surface area contributed by atoms with E-state index < -0.39 is 0 Å². The van der Waals surface area contributed by atoms with Crippen molar-refractivity contribution < 1.29 is 0 Å². The Morgan fingerprint density at radius 3 is 2.48 bits per heavy atom. The fourth-order valence-corrected chi connectivity index (χ4v) is 5.73. The van der Waals surface area contributed by atoms with Gasteiger partial charge in [-0.15, -0.1) is 11.8 Å². The standard InChI is InChI=1S/C20H18N2OS2/c1-14-12-18(23)22-19(15-8-4-2-5-9-15)17(13-24-20(22)21-14)25-16-10-6-3-7-11-16/h2-12,17,19H,13H2,1H3/t17-,19-/m1/s1. The molecule has 0 saturated heterocycles. The normalized spacial score (nSPS) is 19.4. The number of aromatic nitrogens is 2. The number of aryl methyl sites for hydroxylation is 1. The third-order valence-electron chi connectivity index (χ3n) is 4.23. The molecule has 0 N–H and O–H groups in total. The summed E-state index contributed by atoms with van der Waals surface area (Å²) in [6.45, 7) is 1.88. The first-order chi connectivity index (χ1) is 12.2. The van der Waals surface area contributed by atoms with Crippen molar-refractivity contribution in [1.29, 1.82) is 0 Å². The number of thioether (sulfide) groups is 2. The van der Waals surface area contributed by atoms with Crippen LogP contribution in [0.3, 0.4) is 0 Å². The van der Waals surface area contributed by atoms with Gasteiger partial charge in [-0.2, -0.15) is 0 Å².